The summed E-state index contributed by atoms with van der Waals surface area (Å²) in [6, 6.07) is 0.915. The zero-order valence-corrected chi connectivity index (χ0v) is 17.2. The highest BCUT2D eigenvalue weighted by Gasteiger charge is 2.33. The van der Waals surface area contributed by atoms with Crippen LogP contribution >= 0.6 is 0 Å². The van der Waals surface area contributed by atoms with Gasteiger partial charge < -0.3 is 10.1 Å². The molecule has 24 heavy (non-hydrogen) atoms. The number of ether oxygens (including phenoxy) is 1. The van der Waals surface area contributed by atoms with Gasteiger partial charge in [-0.3, -0.25) is 0 Å². The number of quaternary nitrogens is 1. The fourth-order valence-electron chi connectivity index (χ4n) is 4.91. The van der Waals surface area contributed by atoms with Gasteiger partial charge in [-0.25, -0.2) is 0 Å². The summed E-state index contributed by atoms with van der Waals surface area (Å²) in [6.07, 6.45) is 12.6. The van der Waals surface area contributed by atoms with Gasteiger partial charge in [0.1, 0.15) is 0 Å². The number of rotatable bonds is 8. The zero-order valence-electron chi connectivity index (χ0n) is 17.2. The average molecular weight is 339 g/mol. The molecule has 1 saturated heterocycles. The van der Waals surface area contributed by atoms with Crippen LogP contribution in [0, 0.1) is 23.7 Å². The minimum atomic E-state index is 0.0994. The van der Waals surface area contributed by atoms with Crippen LogP contribution in [0.2, 0.25) is 0 Å². The third-order valence-corrected chi connectivity index (χ3v) is 6.61. The van der Waals surface area contributed by atoms with Gasteiger partial charge in [0.25, 0.3) is 0 Å². The first-order chi connectivity index (χ1) is 11.4. The minimum Gasteiger partial charge on any atom is -0.376 e. The van der Waals surface area contributed by atoms with Crippen molar-refractivity contribution in [1.82, 2.24) is 0 Å². The third-order valence-electron chi connectivity index (χ3n) is 6.61. The largest absolute Gasteiger partial charge is 0.376 e. The monoisotopic (exact) mass is 338 g/mol. The van der Waals surface area contributed by atoms with E-state index in [1.807, 2.05) is 0 Å². The van der Waals surface area contributed by atoms with Crippen molar-refractivity contribution in [2.45, 2.75) is 104 Å². The van der Waals surface area contributed by atoms with E-state index >= 15 is 0 Å². The van der Waals surface area contributed by atoms with Crippen molar-refractivity contribution in [3.8, 4) is 0 Å². The first-order valence-corrected chi connectivity index (χ1v) is 10.8. The van der Waals surface area contributed by atoms with E-state index in [-0.39, 0.29) is 5.60 Å². The highest BCUT2D eigenvalue weighted by atomic mass is 16.5. The van der Waals surface area contributed by atoms with Gasteiger partial charge in [-0.1, -0.05) is 27.2 Å². The smallest absolute Gasteiger partial charge is 0.0859 e. The van der Waals surface area contributed by atoms with Crippen molar-refractivity contribution in [1.29, 1.82) is 0 Å². The molecule has 1 aliphatic heterocycles. The van der Waals surface area contributed by atoms with Crippen LogP contribution in [0.1, 0.15) is 92.4 Å². The predicted octanol–water partition coefficient (Wildman–Crippen LogP) is 4.78. The molecule has 0 amide bonds. The molecule has 0 aromatic rings. The van der Waals surface area contributed by atoms with Crippen molar-refractivity contribution in [2.24, 2.45) is 23.7 Å². The van der Waals surface area contributed by atoms with Crippen LogP contribution in [0.4, 0.5) is 0 Å². The Hall–Kier alpha value is -0.0800. The normalized spacial score (nSPS) is 32.0. The van der Waals surface area contributed by atoms with Gasteiger partial charge in [-0.15, -0.1) is 0 Å². The summed E-state index contributed by atoms with van der Waals surface area (Å²) in [5, 5.41) is 2.69. The SMILES string of the molecule is CC(C)CC[C@H](CC[NH2+]C1CCC(C)CC1)[C@H]1CCOC(C)(C)C1. The summed E-state index contributed by atoms with van der Waals surface area (Å²) in [6.45, 7) is 14.1. The molecule has 1 saturated carbocycles. The molecule has 1 aliphatic carbocycles. The summed E-state index contributed by atoms with van der Waals surface area (Å²) >= 11 is 0. The van der Waals surface area contributed by atoms with Crippen molar-refractivity contribution in [2.75, 3.05) is 13.2 Å². The Balaban J connectivity index is 1.79. The van der Waals surface area contributed by atoms with E-state index in [0.717, 1.165) is 36.3 Å². The van der Waals surface area contributed by atoms with E-state index in [1.165, 1.54) is 64.3 Å². The molecule has 2 heteroatoms. The van der Waals surface area contributed by atoms with Crippen molar-refractivity contribution in [3.05, 3.63) is 0 Å². The maximum atomic E-state index is 5.97. The van der Waals surface area contributed by atoms with Crippen LogP contribution in [0.25, 0.3) is 0 Å². The van der Waals surface area contributed by atoms with Gasteiger partial charge in [0.2, 0.25) is 0 Å². The quantitative estimate of drug-likeness (QED) is 0.677. The van der Waals surface area contributed by atoms with E-state index in [1.54, 1.807) is 0 Å². The summed E-state index contributed by atoms with van der Waals surface area (Å²) in [7, 11) is 0. The van der Waals surface area contributed by atoms with E-state index < -0.39 is 0 Å². The van der Waals surface area contributed by atoms with Crippen LogP contribution in [0.15, 0.2) is 0 Å². The zero-order chi connectivity index (χ0) is 17.6. The highest BCUT2D eigenvalue weighted by Crippen LogP contribution is 2.37. The standard InChI is InChI=1S/C22H43NO/c1-17(2)6-9-19(20-13-15-24-22(4,5)16-20)12-14-23-21-10-7-18(3)8-11-21/h17-21,23H,6-16H2,1-5H3/p+1/t18?,19-,20+,21?/m1/s1. The third kappa shape index (κ3) is 7.04. The molecule has 2 N–H and O–H groups in total. The molecule has 2 nitrogen and oxygen atoms in total. The molecule has 2 atom stereocenters. The lowest BCUT2D eigenvalue weighted by molar-refractivity contribution is -0.693. The highest BCUT2D eigenvalue weighted by molar-refractivity contribution is 4.83. The van der Waals surface area contributed by atoms with Crippen LogP contribution in [0.3, 0.4) is 0 Å². The maximum Gasteiger partial charge on any atom is 0.0859 e. The van der Waals surface area contributed by atoms with Gasteiger partial charge in [0.15, 0.2) is 0 Å². The van der Waals surface area contributed by atoms with Gasteiger partial charge in [0, 0.05) is 6.61 Å². The summed E-state index contributed by atoms with van der Waals surface area (Å²) in [4.78, 5) is 0. The van der Waals surface area contributed by atoms with Crippen molar-refractivity contribution in [3.63, 3.8) is 0 Å². The Bertz CT molecular complexity index is 344. The second-order valence-corrected chi connectivity index (χ2v) is 9.93. The Morgan fingerprint density at radius 2 is 1.71 bits per heavy atom. The Morgan fingerprint density at radius 1 is 1.00 bits per heavy atom. The van der Waals surface area contributed by atoms with Crippen LogP contribution < -0.4 is 5.32 Å². The van der Waals surface area contributed by atoms with Gasteiger partial charge in [-0.05, 0) is 88.9 Å². The Labute approximate surface area is 151 Å². The average Bonchev–Trinajstić information content (AvgIpc) is 2.51. The van der Waals surface area contributed by atoms with E-state index in [2.05, 4.69) is 39.9 Å². The molecule has 2 fully saturated rings. The summed E-state index contributed by atoms with van der Waals surface area (Å²) in [5.41, 5.74) is 0.0994. The maximum absolute atomic E-state index is 5.97. The molecule has 0 bridgehead atoms. The van der Waals surface area contributed by atoms with Gasteiger partial charge in [-0.2, -0.15) is 0 Å². The lowest BCUT2D eigenvalue weighted by Gasteiger charge is -2.39. The van der Waals surface area contributed by atoms with Gasteiger partial charge >= 0.3 is 0 Å². The molecule has 2 rings (SSSR count). The molecule has 2 aliphatic rings. The topological polar surface area (TPSA) is 25.8 Å². The predicted molar refractivity (Wildman–Crippen MR) is 103 cm³/mol. The lowest BCUT2D eigenvalue weighted by atomic mass is 9.75. The summed E-state index contributed by atoms with van der Waals surface area (Å²) < 4.78 is 5.97. The van der Waals surface area contributed by atoms with E-state index in [9.17, 15) is 0 Å². The molecular formula is C22H44NO+. The molecule has 0 aromatic carbocycles. The lowest BCUT2D eigenvalue weighted by Crippen LogP contribution is -2.90. The molecule has 0 spiro atoms. The van der Waals surface area contributed by atoms with Gasteiger partial charge in [0.05, 0.1) is 18.2 Å². The van der Waals surface area contributed by atoms with E-state index in [4.69, 9.17) is 4.74 Å². The second-order valence-electron chi connectivity index (χ2n) is 9.93. The van der Waals surface area contributed by atoms with Crippen molar-refractivity contribution >= 4 is 0 Å². The summed E-state index contributed by atoms with van der Waals surface area (Å²) in [5.74, 6) is 3.60. The molecule has 0 aromatic heterocycles. The number of hydrogen-bond acceptors (Lipinski definition) is 1. The number of nitrogens with two attached hydrogens (primary N) is 1. The van der Waals surface area contributed by atoms with E-state index in [0.29, 0.717) is 0 Å². The molecule has 0 radical (unpaired) electrons. The van der Waals surface area contributed by atoms with Crippen molar-refractivity contribution < 1.29 is 10.1 Å². The molecular weight excluding hydrogens is 294 g/mol. The second kappa shape index (κ2) is 9.57. The fourth-order valence-corrected chi connectivity index (χ4v) is 4.91. The Kier molecular flexibility index (Phi) is 8.07. The minimum absolute atomic E-state index is 0.0994. The molecule has 1 heterocycles. The number of hydrogen-bond donors (Lipinski definition) is 1. The fraction of sp³-hybridized carbons (Fsp3) is 1.00. The van der Waals surface area contributed by atoms with Crippen LogP contribution in [-0.4, -0.2) is 24.8 Å². The molecule has 142 valence electrons. The Morgan fingerprint density at radius 3 is 2.33 bits per heavy atom. The van der Waals surface area contributed by atoms with Crippen LogP contribution in [-0.2, 0) is 4.74 Å². The van der Waals surface area contributed by atoms with Crippen LogP contribution in [0.5, 0.6) is 0 Å². The first kappa shape index (κ1) is 20.2. The first-order valence-electron chi connectivity index (χ1n) is 10.8. The molecule has 0 unspecified atom stereocenters.